The molecule has 0 radical (unpaired) electrons. The van der Waals surface area contributed by atoms with Crippen molar-refractivity contribution in [2.45, 2.75) is 51.5 Å². The summed E-state index contributed by atoms with van der Waals surface area (Å²) in [5.74, 6) is 0.822. The number of urea groups is 1. The van der Waals surface area contributed by atoms with Gasteiger partial charge in [-0.1, -0.05) is 25.7 Å². The number of ether oxygens (including phenoxy) is 1. The summed E-state index contributed by atoms with van der Waals surface area (Å²) in [6.45, 7) is 2.60. The molecule has 1 aromatic rings. The van der Waals surface area contributed by atoms with Gasteiger partial charge in [-0.25, -0.2) is 4.79 Å². The Bertz CT molecular complexity index is 409. The largest absolute Gasteiger partial charge is 0.494 e. The van der Waals surface area contributed by atoms with Gasteiger partial charge in [0.1, 0.15) is 5.75 Å². The van der Waals surface area contributed by atoms with Crippen LogP contribution in [0.2, 0.25) is 0 Å². The minimum Gasteiger partial charge on any atom is -0.494 e. The molecule has 1 fully saturated rings. The van der Waals surface area contributed by atoms with Gasteiger partial charge in [-0.3, -0.25) is 0 Å². The average Bonchev–Trinajstić information content (AvgIpc) is 2.70. The summed E-state index contributed by atoms with van der Waals surface area (Å²) < 4.78 is 5.37. The van der Waals surface area contributed by atoms with Crippen molar-refractivity contribution in [1.29, 1.82) is 0 Å². The number of hydrogen-bond acceptors (Lipinski definition) is 2. The van der Waals surface area contributed by atoms with E-state index in [0.29, 0.717) is 12.6 Å². The van der Waals surface area contributed by atoms with Gasteiger partial charge in [0.2, 0.25) is 0 Å². The van der Waals surface area contributed by atoms with Crippen molar-refractivity contribution >= 4 is 11.7 Å². The number of carbonyl (C=O) groups excluding carboxylic acids is 1. The Balaban J connectivity index is 1.81. The highest BCUT2D eigenvalue weighted by Gasteiger charge is 2.14. The van der Waals surface area contributed by atoms with Gasteiger partial charge >= 0.3 is 6.03 Å². The normalized spacial score (nSPS) is 16.2. The topological polar surface area (TPSA) is 50.4 Å². The lowest BCUT2D eigenvalue weighted by Gasteiger charge is -2.16. The standard InChI is InChI=1S/C16H24N2O2/c1-2-20-15-11-9-14(10-12-15)18-16(19)17-13-7-5-3-4-6-8-13/h9-13H,2-8H2,1H3,(H2,17,18,19). The highest BCUT2D eigenvalue weighted by atomic mass is 16.5. The van der Waals surface area contributed by atoms with E-state index in [1.54, 1.807) is 0 Å². The monoisotopic (exact) mass is 276 g/mol. The van der Waals surface area contributed by atoms with Crippen molar-refractivity contribution in [2.75, 3.05) is 11.9 Å². The number of nitrogens with one attached hydrogen (secondary N) is 2. The quantitative estimate of drug-likeness (QED) is 0.819. The van der Waals surface area contributed by atoms with E-state index >= 15 is 0 Å². The molecular formula is C16H24N2O2. The molecule has 0 aromatic heterocycles. The molecular weight excluding hydrogens is 252 g/mol. The van der Waals surface area contributed by atoms with Crippen LogP contribution in [0.5, 0.6) is 5.75 Å². The molecule has 1 aromatic carbocycles. The molecule has 2 rings (SSSR count). The van der Waals surface area contributed by atoms with Crippen LogP contribution in [0, 0.1) is 0 Å². The van der Waals surface area contributed by atoms with Crippen molar-refractivity contribution in [3.63, 3.8) is 0 Å². The summed E-state index contributed by atoms with van der Waals surface area (Å²) in [4.78, 5) is 12.0. The summed E-state index contributed by atoms with van der Waals surface area (Å²) in [6.07, 6.45) is 7.20. The van der Waals surface area contributed by atoms with E-state index in [4.69, 9.17) is 4.74 Å². The Morgan fingerprint density at radius 1 is 1.15 bits per heavy atom. The molecule has 2 N–H and O–H groups in total. The Morgan fingerprint density at radius 3 is 2.40 bits per heavy atom. The van der Waals surface area contributed by atoms with E-state index in [0.717, 1.165) is 24.3 Å². The molecule has 110 valence electrons. The number of benzene rings is 1. The van der Waals surface area contributed by atoms with Gasteiger partial charge in [0.15, 0.2) is 0 Å². The first kappa shape index (κ1) is 14.7. The maximum atomic E-state index is 12.0. The molecule has 0 atom stereocenters. The summed E-state index contributed by atoms with van der Waals surface area (Å²) in [7, 11) is 0. The molecule has 0 heterocycles. The maximum Gasteiger partial charge on any atom is 0.319 e. The summed E-state index contributed by atoms with van der Waals surface area (Å²) in [6, 6.07) is 7.66. The third-order valence-electron chi connectivity index (χ3n) is 3.61. The molecule has 0 spiro atoms. The van der Waals surface area contributed by atoms with Gasteiger partial charge in [-0.2, -0.15) is 0 Å². The Hall–Kier alpha value is -1.71. The van der Waals surface area contributed by atoms with Gasteiger partial charge in [0, 0.05) is 11.7 Å². The van der Waals surface area contributed by atoms with Gasteiger partial charge < -0.3 is 15.4 Å². The van der Waals surface area contributed by atoms with Crippen LogP contribution in [-0.4, -0.2) is 18.7 Å². The van der Waals surface area contributed by atoms with Crippen molar-refractivity contribution < 1.29 is 9.53 Å². The van der Waals surface area contributed by atoms with E-state index < -0.39 is 0 Å². The fourth-order valence-corrected chi connectivity index (χ4v) is 2.58. The van der Waals surface area contributed by atoms with E-state index in [2.05, 4.69) is 10.6 Å². The zero-order chi connectivity index (χ0) is 14.2. The Morgan fingerprint density at radius 2 is 1.80 bits per heavy atom. The minimum absolute atomic E-state index is 0.110. The molecule has 20 heavy (non-hydrogen) atoms. The van der Waals surface area contributed by atoms with Crippen molar-refractivity contribution in [3.8, 4) is 5.75 Å². The van der Waals surface area contributed by atoms with Crippen LogP contribution in [0.15, 0.2) is 24.3 Å². The molecule has 4 nitrogen and oxygen atoms in total. The lowest BCUT2D eigenvalue weighted by atomic mass is 10.1. The first-order valence-electron chi connectivity index (χ1n) is 7.58. The van der Waals surface area contributed by atoms with Crippen molar-refractivity contribution in [2.24, 2.45) is 0 Å². The van der Waals surface area contributed by atoms with Crippen LogP contribution in [0.25, 0.3) is 0 Å². The highest BCUT2D eigenvalue weighted by molar-refractivity contribution is 5.89. The van der Waals surface area contributed by atoms with E-state index in [-0.39, 0.29) is 6.03 Å². The molecule has 0 unspecified atom stereocenters. The highest BCUT2D eigenvalue weighted by Crippen LogP contribution is 2.18. The van der Waals surface area contributed by atoms with Crippen LogP contribution < -0.4 is 15.4 Å². The first-order valence-corrected chi connectivity index (χ1v) is 7.58. The van der Waals surface area contributed by atoms with E-state index in [1.165, 1.54) is 25.7 Å². The van der Waals surface area contributed by atoms with Gasteiger partial charge in [-0.05, 0) is 44.0 Å². The summed E-state index contributed by atoms with van der Waals surface area (Å²) in [5, 5.41) is 5.94. The molecule has 0 saturated heterocycles. The van der Waals surface area contributed by atoms with Gasteiger partial charge in [-0.15, -0.1) is 0 Å². The van der Waals surface area contributed by atoms with Gasteiger partial charge in [0.05, 0.1) is 6.61 Å². The first-order chi connectivity index (χ1) is 9.78. The second-order valence-electron chi connectivity index (χ2n) is 5.24. The van der Waals surface area contributed by atoms with Crippen LogP contribution in [0.1, 0.15) is 45.4 Å². The third kappa shape index (κ3) is 4.76. The molecule has 2 amide bonds. The lowest BCUT2D eigenvalue weighted by Crippen LogP contribution is -2.37. The van der Waals surface area contributed by atoms with E-state index in [9.17, 15) is 4.79 Å². The number of hydrogen-bond donors (Lipinski definition) is 2. The molecule has 1 saturated carbocycles. The van der Waals surface area contributed by atoms with Crippen LogP contribution >= 0.6 is 0 Å². The number of rotatable bonds is 4. The van der Waals surface area contributed by atoms with E-state index in [1.807, 2.05) is 31.2 Å². The lowest BCUT2D eigenvalue weighted by molar-refractivity contribution is 0.247. The average molecular weight is 276 g/mol. The number of amides is 2. The zero-order valence-electron chi connectivity index (χ0n) is 12.2. The van der Waals surface area contributed by atoms with Gasteiger partial charge in [0.25, 0.3) is 0 Å². The zero-order valence-corrected chi connectivity index (χ0v) is 12.2. The number of carbonyl (C=O) groups is 1. The van der Waals surface area contributed by atoms with Crippen LogP contribution in [-0.2, 0) is 0 Å². The summed E-state index contributed by atoms with van der Waals surface area (Å²) in [5.41, 5.74) is 0.791. The second-order valence-corrected chi connectivity index (χ2v) is 5.24. The Labute approximate surface area is 120 Å². The third-order valence-corrected chi connectivity index (χ3v) is 3.61. The fourth-order valence-electron chi connectivity index (χ4n) is 2.58. The van der Waals surface area contributed by atoms with Crippen molar-refractivity contribution in [3.05, 3.63) is 24.3 Å². The predicted octanol–water partition coefficient (Wildman–Crippen LogP) is 3.93. The molecule has 0 aliphatic heterocycles. The smallest absolute Gasteiger partial charge is 0.319 e. The Kier molecular flexibility index (Phi) is 5.71. The maximum absolute atomic E-state index is 12.0. The summed E-state index contributed by atoms with van der Waals surface area (Å²) >= 11 is 0. The predicted molar refractivity (Wildman–Crippen MR) is 81.3 cm³/mol. The van der Waals surface area contributed by atoms with Crippen molar-refractivity contribution in [1.82, 2.24) is 5.32 Å². The van der Waals surface area contributed by atoms with Crippen LogP contribution in [0.3, 0.4) is 0 Å². The number of anilines is 1. The SMILES string of the molecule is CCOc1ccc(NC(=O)NC2CCCCCC2)cc1. The minimum atomic E-state index is -0.110. The van der Waals surface area contributed by atoms with Crippen LogP contribution in [0.4, 0.5) is 10.5 Å². The second kappa shape index (κ2) is 7.78. The molecule has 1 aliphatic rings. The molecule has 1 aliphatic carbocycles. The molecule has 0 bridgehead atoms. The fraction of sp³-hybridized carbons (Fsp3) is 0.562. The molecule has 4 heteroatoms.